The van der Waals surface area contributed by atoms with Gasteiger partial charge in [-0.25, -0.2) is 0 Å². The molecular formula is C18H20N4O. The Morgan fingerprint density at radius 1 is 1.39 bits per heavy atom. The number of nitrogens with zero attached hydrogens (tertiary/aromatic N) is 1. The Bertz CT molecular complexity index is 861. The number of nitrogens with one attached hydrogen (secondary N) is 3. The van der Waals surface area contributed by atoms with Gasteiger partial charge in [0, 0.05) is 35.8 Å². The quantitative estimate of drug-likeness (QED) is 0.696. The van der Waals surface area contributed by atoms with Crippen molar-refractivity contribution in [3.63, 3.8) is 0 Å². The second-order valence-electron chi connectivity index (χ2n) is 6.41. The number of H-pyrrole nitrogens is 2. The van der Waals surface area contributed by atoms with Crippen molar-refractivity contribution in [3.05, 3.63) is 53.0 Å². The van der Waals surface area contributed by atoms with Crippen LogP contribution in [0.15, 0.2) is 30.5 Å². The van der Waals surface area contributed by atoms with Gasteiger partial charge in [0.15, 0.2) is 0 Å². The first-order valence-electron chi connectivity index (χ1n) is 8.06. The number of aromatic amines is 2. The van der Waals surface area contributed by atoms with Gasteiger partial charge < -0.3 is 10.3 Å². The number of hydrogen-bond donors (Lipinski definition) is 3. The third-order valence-corrected chi connectivity index (χ3v) is 4.68. The average Bonchev–Trinajstić information content (AvgIpc) is 3.16. The zero-order valence-electron chi connectivity index (χ0n) is 13.1. The highest BCUT2D eigenvalue weighted by atomic mass is 16.1. The summed E-state index contributed by atoms with van der Waals surface area (Å²) in [4.78, 5) is 15.7. The molecule has 0 saturated heterocycles. The summed E-state index contributed by atoms with van der Waals surface area (Å²) >= 11 is 0. The van der Waals surface area contributed by atoms with E-state index >= 15 is 0 Å². The number of aromatic nitrogens is 3. The maximum atomic E-state index is 12.4. The molecule has 2 aromatic heterocycles. The number of rotatable bonds is 3. The second kappa shape index (κ2) is 5.57. The van der Waals surface area contributed by atoms with Crippen LogP contribution in [-0.4, -0.2) is 21.1 Å². The molecule has 0 radical (unpaired) electrons. The summed E-state index contributed by atoms with van der Waals surface area (Å²) in [6.07, 6.45) is 4.46. The molecule has 0 aliphatic heterocycles. The minimum absolute atomic E-state index is 0.0428. The third kappa shape index (κ3) is 2.74. The molecule has 0 bridgehead atoms. The summed E-state index contributed by atoms with van der Waals surface area (Å²) in [5.41, 5.74) is 5.78. The van der Waals surface area contributed by atoms with Crippen molar-refractivity contribution < 1.29 is 4.79 Å². The number of fused-ring (bicyclic) bond motifs is 2. The third-order valence-electron chi connectivity index (χ3n) is 4.68. The van der Waals surface area contributed by atoms with Gasteiger partial charge in [-0.3, -0.25) is 9.89 Å². The minimum Gasteiger partial charge on any atom is -0.359 e. The second-order valence-corrected chi connectivity index (χ2v) is 6.41. The van der Waals surface area contributed by atoms with Crippen LogP contribution in [-0.2, 0) is 24.2 Å². The topological polar surface area (TPSA) is 73.6 Å². The van der Waals surface area contributed by atoms with E-state index in [0.717, 1.165) is 41.7 Å². The van der Waals surface area contributed by atoms with Crippen LogP contribution >= 0.6 is 0 Å². The predicted molar refractivity (Wildman–Crippen MR) is 89.0 cm³/mol. The number of benzene rings is 1. The lowest BCUT2D eigenvalue weighted by molar-refractivity contribution is -0.125. The van der Waals surface area contributed by atoms with Crippen LogP contribution in [0, 0.1) is 12.8 Å². The van der Waals surface area contributed by atoms with Gasteiger partial charge in [-0.1, -0.05) is 6.07 Å². The lowest BCUT2D eigenvalue weighted by atomic mass is 9.87. The van der Waals surface area contributed by atoms with E-state index in [0.29, 0.717) is 6.54 Å². The standard InChI is InChI=1S/C18H20N4O/c1-11-6-15-7-12(2-5-16(15)21-11)9-19-18(23)13-3-4-14-10-20-22-17(14)8-13/h2,5-7,10,13,21H,3-4,8-9H2,1H3,(H,19,23)(H,20,22). The number of aryl methyl sites for hydroxylation is 2. The molecule has 118 valence electrons. The van der Waals surface area contributed by atoms with Crippen molar-refractivity contribution in [2.24, 2.45) is 5.92 Å². The molecule has 3 aromatic rings. The van der Waals surface area contributed by atoms with Crippen molar-refractivity contribution in [2.75, 3.05) is 0 Å². The number of hydrogen-bond acceptors (Lipinski definition) is 2. The maximum absolute atomic E-state index is 12.4. The van der Waals surface area contributed by atoms with Crippen LogP contribution in [0.25, 0.3) is 10.9 Å². The summed E-state index contributed by atoms with van der Waals surface area (Å²) < 4.78 is 0. The van der Waals surface area contributed by atoms with Gasteiger partial charge >= 0.3 is 0 Å². The Morgan fingerprint density at radius 3 is 3.22 bits per heavy atom. The van der Waals surface area contributed by atoms with E-state index < -0.39 is 0 Å². The molecule has 23 heavy (non-hydrogen) atoms. The Balaban J connectivity index is 1.41. The lowest BCUT2D eigenvalue weighted by Crippen LogP contribution is -2.33. The summed E-state index contributed by atoms with van der Waals surface area (Å²) in [6, 6.07) is 8.39. The van der Waals surface area contributed by atoms with Crippen molar-refractivity contribution >= 4 is 16.8 Å². The molecule has 1 atom stereocenters. The van der Waals surface area contributed by atoms with E-state index in [2.05, 4.69) is 44.8 Å². The highest BCUT2D eigenvalue weighted by molar-refractivity contribution is 5.82. The normalized spacial score (nSPS) is 17.2. The van der Waals surface area contributed by atoms with E-state index in [1.54, 1.807) is 0 Å². The van der Waals surface area contributed by atoms with Crippen molar-refractivity contribution in [1.82, 2.24) is 20.5 Å². The van der Waals surface area contributed by atoms with Crippen LogP contribution in [0.3, 0.4) is 0 Å². The smallest absolute Gasteiger partial charge is 0.223 e. The Hall–Kier alpha value is -2.56. The fourth-order valence-electron chi connectivity index (χ4n) is 3.40. The van der Waals surface area contributed by atoms with Crippen molar-refractivity contribution in [1.29, 1.82) is 0 Å². The molecule has 1 aromatic carbocycles. The van der Waals surface area contributed by atoms with Crippen LogP contribution in [0.1, 0.15) is 28.9 Å². The van der Waals surface area contributed by atoms with Gasteiger partial charge in [0.05, 0.1) is 6.20 Å². The first kappa shape index (κ1) is 14.1. The molecule has 4 rings (SSSR count). The fourth-order valence-corrected chi connectivity index (χ4v) is 3.40. The van der Waals surface area contributed by atoms with Crippen LogP contribution < -0.4 is 5.32 Å². The van der Waals surface area contributed by atoms with E-state index in [9.17, 15) is 4.79 Å². The summed E-state index contributed by atoms with van der Waals surface area (Å²) in [5, 5.41) is 11.3. The van der Waals surface area contributed by atoms with Crippen LogP contribution in [0.2, 0.25) is 0 Å². The Labute approximate surface area is 134 Å². The molecule has 1 aliphatic carbocycles. The van der Waals surface area contributed by atoms with Gasteiger partial charge in [0.25, 0.3) is 0 Å². The van der Waals surface area contributed by atoms with Gasteiger partial charge in [-0.15, -0.1) is 0 Å². The van der Waals surface area contributed by atoms with E-state index in [1.807, 2.05) is 13.1 Å². The molecule has 0 saturated carbocycles. The van der Waals surface area contributed by atoms with Gasteiger partial charge in [-0.05, 0) is 54.5 Å². The van der Waals surface area contributed by atoms with Gasteiger partial charge in [0.1, 0.15) is 0 Å². The zero-order valence-corrected chi connectivity index (χ0v) is 13.1. The first-order chi connectivity index (χ1) is 11.2. The first-order valence-corrected chi connectivity index (χ1v) is 8.06. The van der Waals surface area contributed by atoms with Crippen molar-refractivity contribution in [3.8, 4) is 0 Å². The largest absolute Gasteiger partial charge is 0.359 e. The highest BCUT2D eigenvalue weighted by Gasteiger charge is 2.25. The molecule has 5 heteroatoms. The van der Waals surface area contributed by atoms with E-state index in [1.165, 1.54) is 10.9 Å². The SMILES string of the molecule is Cc1cc2cc(CNC(=O)C3CCc4cn[nH]c4C3)ccc2[nH]1. The number of carbonyl (C=O) groups is 1. The van der Waals surface area contributed by atoms with E-state index in [-0.39, 0.29) is 11.8 Å². The molecule has 3 N–H and O–H groups in total. The maximum Gasteiger partial charge on any atom is 0.223 e. The monoisotopic (exact) mass is 308 g/mol. The highest BCUT2D eigenvalue weighted by Crippen LogP contribution is 2.24. The number of carbonyl (C=O) groups excluding carboxylic acids is 1. The zero-order chi connectivity index (χ0) is 15.8. The summed E-state index contributed by atoms with van der Waals surface area (Å²) in [5.74, 6) is 0.178. The Morgan fingerprint density at radius 2 is 2.30 bits per heavy atom. The molecule has 0 fully saturated rings. The van der Waals surface area contributed by atoms with Crippen LogP contribution in [0.4, 0.5) is 0 Å². The van der Waals surface area contributed by atoms with E-state index in [4.69, 9.17) is 0 Å². The van der Waals surface area contributed by atoms with Crippen LogP contribution in [0.5, 0.6) is 0 Å². The summed E-state index contributed by atoms with van der Waals surface area (Å²) in [6.45, 7) is 2.62. The van der Waals surface area contributed by atoms with Gasteiger partial charge in [-0.2, -0.15) is 5.10 Å². The molecule has 1 amide bonds. The minimum atomic E-state index is 0.0428. The molecular weight excluding hydrogens is 288 g/mol. The molecule has 5 nitrogen and oxygen atoms in total. The molecule has 0 spiro atoms. The summed E-state index contributed by atoms with van der Waals surface area (Å²) in [7, 11) is 0. The number of amides is 1. The van der Waals surface area contributed by atoms with Crippen molar-refractivity contribution in [2.45, 2.75) is 32.7 Å². The van der Waals surface area contributed by atoms with Gasteiger partial charge in [0.2, 0.25) is 5.91 Å². The Kier molecular flexibility index (Phi) is 3.41. The average molecular weight is 308 g/mol. The molecule has 1 unspecified atom stereocenters. The lowest BCUT2D eigenvalue weighted by Gasteiger charge is -2.20. The predicted octanol–water partition coefficient (Wildman–Crippen LogP) is 2.62. The fraction of sp³-hybridized carbons (Fsp3) is 0.333. The molecule has 2 heterocycles. The molecule has 1 aliphatic rings.